The molecule has 0 amide bonds. The average molecular weight is 304 g/mol. The van der Waals surface area contributed by atoms with Crippen molar-refractivity contribution < 1.29 is 4.79 Å². The number of ketones is 1. The molecule has 1 nitrogen and oxygen atoms in total. The predicted molar refractivity (Wildman–Crippen MR) is 99.9 cm³/mol. The van der Waals surface area contributed by atoms with E-state index in [4.69, 9.17) is 0 Å². The Bertz CT molecular complexity index is 734. The molecule has 0 N–H and O–H groups in total. The number of rotatable bonds is 5. The molecule has 2 aromatic carbocycles. The van der Waals surface area contributed by atoms with Gasteiger partial charge in [0.2, 0.25) is 0 Å². The highest BCUT2D eigenvalue weighted by Crippen LogP contribution is 2.25. The second kappa shape index (κ2) is 7.73. The summed E-state index contributed by atoms with van der Waals surface area (Å²) < 4.78 is 0. The number of allylic oxidation sites excluding steroid dienone is 2. The lowest BCUT2D eigenvalue weighted by Crippen LogP contribution is -2.06. The van der Waals surface area contributed by atoms with Gasteiger partial charge in [0.25, 0.3) is 0 Å². The molecule has 23 heavy (non-hydrogen) atoms. The summed E-state index contributed by atoms with van der Waals surface area (Å²) >= 11 is 0. The highest BCUT2D eigenvalue weighted by molar-refractivity contribution is 6.01. The van der Waals surface area contributed by atoms with Crippen LogP contribution in [0.1, 0.15) is 44.4 Å². The van der Waals surface area contributed by atoms with Gasteiger partial charge in [-0.2, -0.15) is 0 Å². The predicted octanol–water partition coefficient (Wildman–Crippen LogP) is 5.88. The van der Waals surface area contributed by atoms with Crippen LogP contribution in [0.3, 0.4) is 0 Å². The Morgan fingerprint density at radius 3 is 2.09 bits per heavy atom. The Morgan fingerprint density at radius 1 is 0.870 bits per heavy atom. The van der Waals surface area contributed by atoms with Crippen molar-refractivity contribution in [1.82, 2.24) is 0 Å². The van der Waals surface area contributed by atoms with Crippen LogP contribution in [0, 0.1) is 5.92 Å². The molecule has 0 atom stereocenters. The molecule has 0 aliphatic heterocycles. The first-order chi connectivity index (χ1) is 11.0. The molecular weight excluding hydrogens is 280 g/mol. The van der Waals surface area contributed by atoms with Crippen molar-refractivity contribution in [3.63, 3.8) is 0 Å². The van der Waals surface area contributed by atoms with Crippen LogP contribution < -0.4 is 0 Å². The first kappa shape index (κ1) is 17.0. The molecule has 0 aliphatic carbocycles. The SMILES string of the molecule is CC(=O)C(=C(C)c1cccc(C=Cc2ccccc2)c1)C(C)C. The standard InChI is InChI=1S/C22H24O/c1-16(2)22(18(4)23)17(3)21-12-8-11-20(15-21)14-13-19-9-6-5-7-10-19/h5-16H,1-4H3. The lowest BCUT2D eigenvalue weighted by atomic mass is 9.90. The molecule has 1 heteroatoms. The van der Waals surface area contributed by atoms with Gasteiger partial charge in [-0.25, -0.2) is 0 Å². The zero-order chi connectivity index (χ0) is 16.8. The monoisotopic (exact) mass is 304 g/mol. The maximum Gasteiger partial charge on any atom is 0.156 e. The fourth-order valence-electron chi connectivity index (χ4n) is 2.89. The lowest BCUT2D eigenvalue weighted by Gasteiger charge is -2.13. The molecule has 0 bridgehead atoms. The van der Waals surface area contributed by atoms with Gasteiger partial charge < -0.3 is 0 Å². The highest BCUT2D eigenvalue weighted by Gasteiger charge is 2.13. The summed E-state index contributed by atoms with van der Waals surface area (Å²) in [5.74, 6) is 0.388. The second-order valence-electron chi connectivity index (χ2n) is 6.12. The summed E-state index contributed by atoms with van der Waals surface area (Å²) in [4.78, 5) is 11.9. The zero-order valence-corrected chi connectivity index (χ0v) is 14.3. The minimum atomic E-state index is 0.155. The minimum Gasteiger partial charge on any atom is -0.295 e. The minimum absolute atomic E-state index is 0.155. The van der Waals surface area contributed by atoms with Crippen LogP contribution in [0.5, 0.6) is 0 Å². The van der Waals surface area contributed by atoms with Crippen LogP contribution in [-0.4, -0.2) is 5.78 Å². The van der Waals surface area contributed by atoms with Gasteiger partial charge >= 0.3 is 0 Å². The van der Waals surface area contributed by atoms with E-state index >= 15 is 0 Å². The molecule has 0 aromatic heterocycles. The first-order valence-corrected chi connectivity index (χ1v) is 8.04. The van der Waals surface area contributed by atoms with E-state index in [-0.39, 0.29) is 11.7 Å². The molecule has 2 aromatic rings. The van der Waals surface area contributed by atoms with Crippen LogP contribution in [0.25, 0.3) is 17.7 Å². The topological polar surface area (TPSA) is 17.1 Å². The van der Waals surface area contributed by atoms with Gasteiger partial charge in [0.1, 0.15) is 0 Å². The second-order valence-corrected chi connectivity index (χ2v) is 6.12. The Hall–Kier alpha value is -2.41. The molecule has 0 saturated heterocycles. The third-order valence-corrected chi connectivity index (χ3v) is 3.95. The van der Waals surface area contributed by atoms with Crippen LogP contribution in [0.2, 0.25) is 0 Å². The van der Waals surface area contributed by atoms with Crippen LogP contribution in [-0.2, 0) is 4.79 Å². The van der Waals surface area contributed by atoms with Gasteiger partial charge in [0.15, 0.2) is 5.78 Å². The van der Waals surface area contributed by atoms with Crippen LogP contribution >= 0.6 is 0 Å². The molecule has 0 fully saturated rings. The van der Waals surface area contributed by atoms with Gasteiger partial charge in [-0.3, -0.25) is 4.79 Å². The molecule has 0 unspecified atom stereocenters. The van der Waals surface area contributed by atoms with Crippen molar-refractivity contribution in [2.45, 2.75) is 27.7 Å². The van der Waals surface area contributed by atoms with Crippen molar-refractivity contribution in [1.29, 1.82) is 0 Å². The number of carbonyl (C=O) groups excluding carboxylic acids is 1. The van der Waals surface area contributed by atoms with E-state index in [0.29, 0.717) is 0 Å². The van der Waals surface area contributed by atoms with Gasteiger partial charge in [-0.15, -0.1) is 0 Å². The molecule has 0 saturated carbocycles. The quantitative estimate of drug-likeness (QED) is 0.498. The Labute approximate surface area is 139 Å². The Balaban J connectivity index is 2.35. The summed E-state index contributed by atoms with van der Waals surface area (Å²) in [5.41, 5.74) is 5.41. The first-order valence-electron chi connectivity index (χ1n) is 8.04. The number of Topliss-reactive ketones (excluding diaryl/α,β-unsaturated/α-hetero) is 1. The fourth-order valence-corrected chi connectivity index (χ4v) is 2.89. The van der Waals surface area contributed by atoms with Crippen molar-refractivity contribution >= 4 is 23.5 Å². The Kier molecular flexibility index (Phi) is 5.70. The maximum absolute atomic E-state index is 11.9. The van der Waals surface area contributed by atoms with E-state index in [1.165, 1.54) is 5.56 Å². The van der Waals surface area contributed by atoms with E-state index < -0.39 is 0 Å². The van der Waals surface area contributed by atoms with E-state index in [0.717, 1.165) is 22.3 Å². The summed E-state index contributed by atoms with van der Waals surface area (Å²) in [7, 11) is 0. The van der Waals surface area contributed by atoms with E-state index in [1.807, 2.05) is 31.2 Å². The van der Waals surface area contributed by atoms with Crippen molar-refractivity contribution in [2.24, 2.45) is 5.92 Å². The van der Waals surface area contributed by atoms with E-state index in [9.17, 15) is 4.79 Å². The van der Waals surface area contributed by atoms with Crippen molar-refractivity contribution in [3.8, 4) is 0 Å². The summed E-state index contributed by atoms with van der Waals surface area (Å²) in [6, 6.07) is 18.6. The smallest absolute Gasteiger partial charge is 0.156 e. The fraction of sp³-hybridized carbons (Fsp3) is 0.227. The van der Waals surface area contributed by atoms with Crippen LogP contribution in [0.4, 0.5) is 0 Å². The van der Waals surface area contributed by atoms with E-state index in [1.54, 1.807) is 6.92 Å². The molecule has 0 heterocycles. The lowest BCUT2D eigenvalue weighted by molar-refractivity contribution is -0.113. The average Bonchev–Trinajstić information content (AvgIpc) is 2.53. The molecule has 0 aliphatic rings. The molecular formula is C22H24O. The molecule has 118 valence electrons. The Morgan fingerprint density at radius 2 is 1.48 bits per heavy atom. The number of hydrogen-bond donors (Lipinski definition) is 0. The third-order valence-electron chi connectivity index (χ3n) is 3.95. The largest absolute Gasteiger partial charge is 0.295 e. The number of hydrogen-bond acceptors (Lipinski definition) is 1. The molecule has 2 rings (SSSR count). The number of carbonyl (C=O) groups is 1. The van der Waals surface area contributed by atoms with Gasteiger partial charge in [-0.1, -0.05) is 74.5 Å². The maximum atomic E-state index is 11.9. The summed E-state index contributed by atoms with van der Waals surface area (Å²) in [6.45, 7) is 7.83. The zero-order valence-electron chi connectivity index (χ0n) is 14.3. The normalized spacial score (nSPS) is 12.6. The van der Waals surface area contributed by atoms with Crippen molar-refractivity contribution in [3.05, 3.63) is 76.9 Å². The van der Waals surface area contributed by atoms with Gasteiger partial charge in [0.05, 0.1) is 0 Å². The highest BCUT2D eigenvalue weighted by atomic mass is 16.1. The van der Waals surface area contributed by atoms with Gasteiger partial charge in [0, 0.05) is 5.57 Å². The van der Waals surface area contributed by atoms with Gasteiger partial charge in [-0.05, 0) is 48.1 Å². The number of benzene rings is 2. The summed E-state index contributed by atoms with van der Waals surface area (Å²) in [6.07, 6.45) is 4.21. The van der Waals surface area contributed by atoms with Crippen molar-refractivity contribution in [2.75, 3.05) is 0 Å². The molecule has 0 spiro atoms. The third kappa shape index (κ3) is 4.53. The summed E-state index contributed by atoms with van der Waals surface area (Å²) in [5, 5.41) is 0. The molecule has 0 radical (unpaired) electrons. The van der Waals surface area contributed by atoms with E-state index in [2.05, 4.69) is 56.3 Å². The van der Waals surface area contributed by atoms with Crippen LogP contribution in [0.15, 0.2) is 60.2 Å².